The van der Waals surface area contributed by atoms with E-state index in [0.717, 1.165) is 23.9 Å². The van der Waals surface area contributed by atoms with Crippen LogP contribution in [-0.4, -0.2) is 24.7 Å². The van der Waals surface area contributed by atoms with E-state index in [2.05, 4.69) is 21.2 Å². The highest BCUT2D eigenvalue weighted by atomic mass is 79.9. The van der Waals surface area contributed by atoms with Crippen LogP contribution in [0.3, 0.4) is 0 Å². The number of nitrogens with one attached hydrogen (secondary N) is 1. The molecule has 2 unspecified atom stereocenters. The van der Waals surface area contributed by atoms with Crippen LogP contribution in [0.25, 0.3) is 0 Å². The Bertz CT molecular complexity index is 445. The van der Waals surface area contributed by atoms with Gasteiger partial charge in [-0.25, -0.2) is 0 Å². The summed E-state index contributed by atoms with van der Waals surface area (Å²) in [6, 6.07) is 5.26. The predicted octanol–water partition coefficient (Wildman–Crippen LogP) is 2.33. The van der Waals surface area contributed by atoms with E-state index in [9.17, 15) is 4.79 Å². The molecule has 0 aliphatic carbocycles. The lowest BCUT2D eigenvalue weighted by Gasteiger charge is -2.20. The van der Waals surface area contributed by atoms with Crippen molar-refractivity contribution in [3.8, 4) is 0 Å². The molecule has 98 valence electrons. The average molecular weight is 313 g/mol. The Labute approximate surface area is 115 Å². The molecule has 1 fully saturated rings. The van der Waals surface area contributed by atoms with Crippen molar-refractivity contribution in [1.82, 2.24) is 5.32 Å². The lowest BCUT2D eigenvalue weighted by atomic mass is 10.1. The molecule has 5 heteroatoms. The van der Waals surface area contributed by atoms with Crippen molar-refractivity contribution in [2.75, 3.05) is 12.3 Å². The summed E-state index contributed by atoms with van der Waals surface area (Å²) in [5.74, 6) is -0.150. The number of rotatable bonds is 3. The van der Waals surface area contributed by atoms with E-state index in [4.69, 9.17) is 10.5 Å². The van der Waals surface area contributed by atoms with Crippen LogP contribution in [0.5, 0.6) is 0 Å². The van der Waals surface area contributed by atoms with Crippen LogP contribution in [0.1, 0.15) is 30.1 Å². The molecule has 18 heavy (non-hydrogen) atoms. The fourth-order valence-corrected chi connectivity index (χ4v) is 2.49. The van der Waals surface area contributed by atoms with Crippen molar-refractivity contribution in [2.24, 2.45) is 0 Å². The van der Waals surface area contributed by atoms with Gasteiger partial charge in [0.2, 0.25) is 0 Å². The van der Waals surface area contributed by atoms with Crippen LogP contribution in [0.15, 0.2) is 22.7 Å². The normalized spacial score (nSPS) is 20.7. The van der Waals surface area contributed by atoms with Gasteiger partial charge < -0.3 is 15.8 Å². The van der Waals surface area contributed by atoms with E-state index in [0.29, 0.717) is 11.3 Å². The number of carbonyl (C=O) groups excluding carboxylic acids is 1. The third-order valence-electron chi connectivity index (χ3n) is 3.14. The summed E-state index contributed by atoms with van der Waals surface area (Å²) in [5, 5.41) is 2.94. The number of anilines is 1. The Morgan fingerprint density at radius 2 is 2.39 bits per heavy atom. The van der Waals surface area contributed by atoms with Crippen molar-refractivity contribution in [1.29, 1.82) is 0 Å². The van der Waals surface area contributed by atoms with Crippen LogP contribution in [0, 0.1) is 0 Å². The molecule has 1 saturated heterocycles. The minimum absolute atomic E-state index is 0.00282. The van der Waals surface area contributed by atoms with Crippen LogP contribution in [-0.2, 0) is 4.74 Å². The molecule has 2 atom stereocenters. The molecule has 4 nitrogen and oxygen atoms in total. The lowest BCUT2D eigenvalue weighted by Crippen LogP contribution is -2.41. The van der Waals surface area contributed by atoms with Gasteiger partial charge in [0, 0.05) is 16.8 Å². The number of benzene rings is 1. The summed E-state index contributed by atoms with van der Waals surface area (Å²) >= 11 is 3.32. The van der Waals surface area contributed by atoms with Gasteiger partial charge in [0.05, 0.1) is 17.7 Å². The summed E-state index contributed by atoms with van der Waals surface area (Å²) < 4.78 is 6.41. The molecule has 0 saturated carbocycles. The zero-order valence-electron chi connectivity index (χ0n) is 10.3. The van der Waals surface area contributed by atoms with Crippen LogP contribution in [0.4, 0.5) is 5.69 Å². The van der Waals surface area contributed by atoms with Gasteiger partial charge in [-0.3, -0.25) is 4.79 Å². The number of nitrogen functional groups attached to an aromatic ring is 1. The van der Waals surface area contributed by atoms with Crippen molar-refractivity contribution in [2.45, 2.75) is 31.9 Å². The Morgan fingerprint density at radius 1 is 1.61 bits per heavy atom. The summed E-state index contributed by atoms with van der Waals surface area (Å²) in [4.78, 5) is 12.1. The highest BCUT2D eigenvalue weighted by Gasteiger charge is 2.24. The number of hydrogen-bond acceptors (Lipinski definition) is 3. The summed E-state index contributed by atoms with van der Waals surface area (Å²) in [5.41, 5.74) is 6.81. The van der Waals surface area contributed by atoms with E-state index in [-0.39, 0.29) is 18.1 Å². The number of halogens is 1. The molecular formula is C13H17BrN2O2. The van der Waals surface area contributed by atoms with Crippen LogP contribution >= 0.6 is 15.9 Å². The molecular weight excluding hydrogens is 296 g/mol. The number of amides is 1. The second-order valence-corrected chi connectivity index (χ2v) is 5.46. The largest absolute Gasteiger partial charge is 0.398 e. The highest BCUT2D eigenvalue weighted by molar-refractivity contribution is 9.10. The molecule has 0 bridgehead atoms. The first-order valence-corrected chi connectivity index (χ1v) is 6.84. The van der Waals surface area contributed by atoms with Gasteiger partial charge in [-0.1, -0.05) is 15.9 Å². The molecule has 0 radical (unpaired) electrons. The first-order valence-electron chi connectivity index (χ1n) is 6.05. The van der Waals surface area contributed by atoms with E-state index in [1.54, 1.807) is 12.1 Å². The Kier molecular flexibility index (Phi) is 4.24. The number of ether oxygens (including phenoxy) is 1. The molecule has 1 amide bonds. The summed E-state index contributed by atoms with van der Waals surface area (Å²) in [6.45, 7) is 2.74. The number of nitrogens with two attached hydrogens (primary N) is 1. The second-order valence-electron chi connectivity index (χ2n) is 4.55. The van der Waals surface area contributed by atoms with E-state index >= 15 is 0 Å². The Balaban J connectivity index is 2.02. The Morgan fingerprint density at radius 3 is 3.00 bits per heavy atom. The van der Waals surface area contributed by atoms with E-state index in [1.807, 2.05) is 13.0 Å². The topological polar surface area (TPSA) is 64.4 Å². The quantitative estimate of drug-likeness (QED) is 0.842. The van der Waals surface area contributed by atoms with Crippen molar-refractivity contribution < 1.29 is 9.53 Å². The molecule has 1 aliphatic rings. The zero-order valence-corrected chi connectivity index (χ0v) is 11.9. The molecule has 1 aromatic rings. The monoisotopic (exact) mass is 312 g/mol. The number of hydrogen-bond donors (Lipinski definition) is 2. The van der Waals surface area contributed by atoms with Gasteiger partial charge in [0.15, 0.2) is 0 Å². The van der Waals surface area contributed by atoms with Gasteiger partial charge >= 0.3 is 0 Å². The maximum atomic E-state index is 12.1. The van der Waals surface area contributed by atoms with Gasteiger partial charge in [-0.15, -0.1) is 0 Å². The van der Waals surface area contributed by atoms with E-state index < -0.39 is 0 Å². The van der Waals surface area contributed by atoms with Crippen molar-refractivity contribution in [3.63, 3.8) is 0 Å². The maximum Gasteiger partial charge on any atom is 0.253 e. The van der Waals surface area contributed by atoms with Gasteiger partial charge in [-0.2, -0.15) is 0 Å². The van der Waals surface area contributed by atoms with Crippen molar-refractivity contribution in [3.05, 3.63) is 28.2 Å². The van der Waals surface area contributed by atoms with Gasteiger partial charge in [0.1, 0.15) is 0 Å². The highest BCUT2D eigenvalue weighted by Crippen LogP contribution is 2.20. The smallest absolute Gasteiger partial charge is 0.253 e. The summed E-state index contributed by atoms with van der Waals surface area (Å²) in [6.07, 6.45) is 2.17. The number of carbonyl (C=O) groups is 1. The molecule has 1 aromatic carbocycles. The average Bonchev–Trinajstić information content (AvgIpc) is 2.81. The minimum Gasteiger partial charge on any atom is -0.398 e. The zero-order chi connectivity index (χ0) is 13.1. The molecule has 2 rings (SSSR count). The third-order valence-corrected chi connectivity index (χ3v) is 3.63. The Hall–Kier alpha value is -1.07. The second kappa shape index (κ2) is 5.71. The molecule has 0 spiro atoms. The molecule has 0 aromatic heterocycles. The fourth-order valence-electron chi connectivity index (χ4n) is 2.11. The van der Waals surface area contributed by atoms with Gasteiger partial charge in [0.25, 0.3) is 5.91 Å². The lowest BCUT2D eigenvalue weighted by molar-refractivity contribution is 0.0713. The fraction of sp³-hybridized carbons (Fsp3) is 0.462. The molecule has 1 aliphatic heterocycles. The summed E-state index contributed by atoms with van der Waals surface area (Å²) in [7, 11) is 0. The molecule has 3 N–H and O–H groups in total. The van der Waals surface area contributed by atoms with Crippen LogP contribution < -0.4 is 11.1 Å². The maximum absolute atomic E-state index is 12.1. The minimum atomic E-state index is -0.150. The molecule has 1 heterocycles. The third kappa shape index (κ3) is 3.03. The van der Waals surface area contributed by atoms with Crippen molar-refractivity contribution >= 4 is 27.5 Å². The first-order chi connectivity index (χ1) is 8.58. The SMILES string of the molecule is CC(NC(=O)c1ccc(Br)cc1N)C1CCCO1. The predicted molar refractivity (Wildman–Crippen MR) is 74.5 cm³/mol. The van der Waals surface area contributed by atoms with Crippen LogP contribution in [0.2, 0.25) is 0 Å². The van der Waals surface area contributed by atoms with Gasteiger partial charge in [-0.05, 0) is 38.0 Å². The first kappa shape index (κ1) is 13.4. The standard InChI is InChI=1S/C13H17BrN2O2/c1-8(12-3-2-6-18-12)16-13(17)10-5-4-9(14)7-11(10)15/h4-5,7-8,12H,2-3,6,15H2,1H3,(H,16,17). The van der Waals surface area contributed by atoms with E-state index in [1.165, 1.54) is 0 Å².